The number of amides is 4. The minimum absolute atomic E-state index is 0.0194. The fourth-order valence-corrected chi connectivity index (χ4v) is 5.98. The molecule has 0 bridgehead atoms. The van der Waals surface area contributed by atoms with E-state index in [1.807, 2.05) is 66.4 Å². The largest absolute Gasteiger partial charge is 0.457 e. The molecule has 2 aromatic rings. The number of ether oxygens (including phenoxy) is 1. The van der Waals surface area contributed by atoms with Crippen LogP contribution in [0, 0.1) is 11.8 Å². The van der Waals surface area contributed by atoms with Crippen LogP contribution in [0.2, 0.25) is 0 Å². The molecular weight excluding hydrogens is 504 g/mol. The summed E-state index contributed by atoms with van der Waals surface area (Å²) in [5.74, 6) is 1.99. The first-order valence-corrected chi connectivity index (χ1v) is 14.5. The standard InChI is InChI=1S/C32H40N4O4/c1-5-35-27-20-36(26(18-21(2)3)30(37)34-16-14-22(4)15-17-34)31(38)28(27)29(33-32(35)39)23-10-9-13-25(19-23)40-24-11-7-6-8-12-24/h6-13,19,21-22,26,29H,5,14-18,20H2,1-4H3,(H,33,39)/t26-,29+/m1/s1. The van der Waals surface area contributed by atoms with Crippen molar-refractivity contribution in [2.45, 2.75) is 59.0 Å². The topological polar surface area (TPSA) is 82.2 Å². The number of carbonyl (C=O) groups is 3. The summed E-state index contributed by atoms with van der Waals surface area (Å²) < 4.78 is 6.04. The summed E-state index contributed by atoms with van der Waals surface area (Å²) in [6.45, 7) is 10.4. The normalized spacial score (nSPS) is 20.6. The zero-order valence-electron chi connectivity index (χ0n) is 23.9. The lowest BCUT2D eigenvalue weighted by molar-refractivity contribution is -0.144. The quantitative estimate of drug-likeness (QED) is 0.487. The molecule has 40 heavy (non-hydrogen) atoms. The lowest BCUT2D eigenvalue weighted by atomic mass is 9.94. The lowest BCUT2D eigenvalue weighted by Gasteiger charge is -2.37. The number of piperidine rings is 1. The molecule has 0 aromatic heterocycles. The lowest BCUT2D eigenvalue weighted by Crippen LogP contribution is -2.52. The molecule has 0 spiro atoms. The van der Waals surface area contributed by atoms with Crippen molar-refractivity contribution in [1.29, 1.82) is 0 Å². The Morgan fingerprint density at radius 1 is 1.02 bits per heavy atom. The molecule has 2 aromatic carbocycles. The molecule has 4 amide bonds. The van der Waals surface area contributed by atoms with Crippen LogP contribution in [-0.2, 0) is 9.59 Å². The predicted molar refractivity (Wildman–Crippen MR) is 154 cm³/mol. The second kappa shape index (κ2) is 11.7. The fraction of sp³-hybridized carbons (Fsp3) is 0.469. The van der Waals surface area contributed by atoms with Gasteiger partial charge in [0.15, 0.2) is 0 Å². The minimum Gasteiger partial charge on any atom is -0.457 e. The first kappa shape index (κ1) is 27.7. The van der Waals surface area contributed by atoms with Gasteiger partial charge in [-0.3, -0.25) is 14.5 Å². The summed E-state index contributed by atoms with van der Waals surface area (Å²) in [4.78, 5) is 46.6. The molecule has 0 aliphatic carbocycles. The van der Waals surface area contributed by atoms with Gasteiger partial charge in [-0.25, -0.2) is 4.79 Å². The van der Waals surface area contributed by atoms with Gasteiger partial charge in [0.2, 0.25) is 5.91 Å². The molecule has 8 nitrogen and oxygen atoms in total. The van der Waals surface area contributed by atoms with Crippen LogP contribution in [0.3, 0.4) is 0 Å². The zero-order chi connectivity index (χ0) is 28.4. The summed E-state index contributed by atoms with van der Waals surface area (Å²) >= 11 is 0. The van der Waals surface area contributed by atoms with Gasteiger partial charge in [-0.15, -0.1) is 0 Å². The molecule has 3 heterocycles. The Morgan fingerprint density at radius 3 is 2.40 bits per heavy atom. The van der Waals surface area contributed by atoms with E-state index >= 15 is 0 Å². The van der Waals surface area contributed by atoms with Crippen LogP contribution in [0.15, 0.2) is 65.9 Å². The first-order chi connectivity index (χ1) is 19.3. The molecule has 1 N–H and O–H groups in total. The number of urea groups is 1. The van der Waals surface area contributed by atoms with Crippen molar-refractivity contribution in [3.05, 3.63) is 71.4 Å². The molecule has 3 aliphatic rings. The first-order valence-electron chi connectivity index (χ1n) is 14.5. The van der Waals surface area contributed by atoms with Gasteiger partial charge >= 0.3 is 6.03 Å². The molecule has 1 fully saturated rings. The average Bonchev–Trinajstić information content (AvgIpc) is 3.28. The number of nitrogens with one attached hydrogen (secondary N) is 1. The summed E-state index contributed by atoms with van der Waals surface area (Å²) in [5, 5.41) is 3.06. The van der Waals surface area contributed by atoms with Crippen LogP contribution in [0.25, 0.3) is 0 Å². The number of likely N-dealkylation sites (tertiary alicyclic amines) is 1. The van der Waals surface area contributed by atoms with E-state index < -0.39 is 12.1 Å². The molecule has 212 valence electrons. The Morgan fingerprint density at radius 2 is 1.73 bits per heavy atom. The number of hydrogen-bond acceptors (Lipinski definition) is 4. The highest BCUT2D eigenvalue weighted by atomic mass is 16.5. The van der Waals surface area contributed by atoms with Crippen LogP contribution in [0.4, 0.5) is 4.79 Å². The highest BCUT2D eigenvalue weighted by molar-refractivity contribution is 6.03. The van der Waals surface area contributed by atoms with Crippen molar-refractivity contribution in [1.82, 2.24) is 20.0 Å². The molecule has 0 radical (unpaired) electrons. The van der Waals surface area contributed by atoms with Gasteiger partial charge in [0.25, 0.3) is 5.91 Å². The van der Waals surface area contributed by atoms with Crippen molar-refractivity contribution in [2.75, 3.05) is 26.2 Å². The molecule has 0 unspecified atom stereocenters. The van der Waals surface area contributed by atoms with Gasteiger partial charge in [-0.2, -0.15) is 0 Å². The predicted octanol–water partition coefficient (Wildman–Crippen LogP) is 5.33. The van der Waals surface area contributed by atoms with Crippen LogP contribution in [0.1, 0.15) is 58.6 Å². The van der Waals surface area contributed by atoms with Crippen LogP contribution >= 0.6 is 0 Å². The third kappa shape index (κ3) is 5.58. The Kier molecular flexibility index (Phi) is 8.14. The number of carbonyl (C=O) groups excluding carboxylic acids is 3. The highest BCUT2D eigenvalue weighted by Gasteiger charge is 2.47. The molecule has 8 heteroatoms. The summed E-state index contributed by atoms with van der Waals surface area (Å²) in [7, 11) is 0. The van der Waals surface area contributed by atoms with E-state index in [1.165, 1.54) is 0 Å². The van der Waals surface area contributed by atoms with Gasteiger partial charge in [0.05, 0.1) is 23.9 Å². The molecule has 5 rings (SSSR count). The SMILES string of the molecule is CCN1C(=O)N[C@@H](c2cccc(Oc3ccccc3)c2)C2=C1CN([C@H](CC(C)C)C(=O)N1CCC(C)CC1)C2=O. The van der Waals surface area contributed by atoms with Crippen molar-refractivity contribution in [3.8, 4) is 11.5 Å². The molecule has 0 saturated carbocycles. The van der Waals surface area contributed by atoms with Crippen LogP contribution in [-0.4, -0.2) is 64.8 Å². The van der Waals surface area contributed by atoms with E-state index in [0.29, 0.717) is 41.7 Å². The van der Waals surface area contributed by atoms with Gasteiger partial charge in [-0.1, -0.05) is 51.1 Å². The minimum atomic E-state index is -0.632. The molecule has 1 saturated heterocycles. The van der Waals surface area contributed by atoms with Gasteiger partial charge in [0.1, 0.15) is 17.5 Å². The Bertz CT molecular complexity index is 1280. The Labute approximate surface area is 237 Å². The third-order valence-corrected chi connectivity index (χ3v) is 8.19. The summed E-state index contributed by atoms with van der Waals surface area (Å²) in [6.07, 6.45) is 2.54. The molecule has 2 atom stereocenters. The summed E-state index contributed by atoms with van der Waals surface area (Å²) in [6, 6.07) is 15.5. The Hall–Kier alpha value is -3.81. The second-order valence-corrected chi connectivity index (χ2v) is 11.6. The number of likely N-dealkylation sites (N-methyl/N-ethyl adjacent to an activating group) is 1. The van der Waals surface area contributed by atoms with E-state index in [-0.39, 0.29) is 30.3 Å². The monoisotopic (exact) mass is 544 g/mol. The number of benzene rings is 2. The maximum absolute atomic E-state index is 14.2. The number of hydrogen-bond donors (Lipinski definition) is 1. The smallest absolute Gasteiger partial charge is 0.322 e. The van der Waals surface area contributed by atoms with Gasteiger partial charge in [-0.05, 0) is 67.9 Å². The maximum Gasteiger partial charge on any atom is 0.322 e. The van der Waals surface area contributed by atoms with E-state index in [9.17, 15) is 14.4 Å². The molecular formula is C32H40N4O4. The summed E-state index contributed by atoms with van der Waals surface area (Å²) in [5.41, 5.74) is 1.98. The van der Waals surface area contributed by atoms with Crippen molar-refractivity contribution >= 4 is 17.8 Å². The van der Waals surface area contributed by atoms with Crippen molar-refractivity contribution in [2.24, 2.45) is 11.8 Å². The van der Waals surface area contributed by atoms with E-state index in [4.69, 9.17) is 4.74 Å². The molecule has 3 aliphatic heterocycles. The highest BCUT2D eigenvalue weighted by Crippen LogP contribution is 2.39. The average molecular weight is 545 g/mol. The van der Waals surface area contributed by atoms with Crippen LogP contribution in [0.5, 0.6) is 11.5 Å². The Balaban J connectivity index is 1.46. The fourth-order valence-electron chi connectivity index (χ4n) is 5.98. The van der Waals surface area contributed by atoms with Crippen molar-refractivity contribution in [3.63, 3.8) is 0 Å². The van der Waals surface area contributed by atoms with E-state index in [0.717, 1.165) is 31.5 Å². The number of rotatable bonds is 8. The number of para-hydroxylation sites is 1. The van der Waals surface area contributed by atoms with Gasteiger partial charge in [0, 0.05) is 19.6 Å². The van der Waals surface area contributed by atoms with Crippen LogP contribution < -0.4 is 10.1 Å². The maximum atomic E-state index is 14.2. The van der Waals surface area contributed by atoms with E-state index in [2.05, 4.69) is 26.1 Å². The van der Waals surface area contributed by atoms with Crippen molar-refractivity contribution < 1.29 is 19.1 Å². The zero-order valence-corrected chi connectivity index (χ0v) is 23.9. The van der Waals surface area contributed by atoms with E-state index in [1.54, 1.807) is 9.80 Å². The second-order valence-electron chi connectivity index (χ2n) is 11.6. The van der Waals surface area contributed by atoms with Gasteiger partial charge < -0.3 is 19.9 Å². The third-order valence-electron chi connectivity index (χ3n) is 8.19. The number of nitrogens with zero attached hydrogens (tertiary/aromatic N) is 3.